The molecule has 0 radical (unpaired) electrons. The first kappa shape index (κ1) is 17.1. The molecule has 0 saturated carbocycles. The summed E-state index contributed by atoms with van der Waals surface area (Å²) in [5.41, 5.74) is 0.524. The van der Waals surface area contributed by atoms with Crippen LogP contribution >= 0.6 is 15.9 Å². The van der Waals surface area contributed by atoms with Crippen molar-refractivity contribution in [2.24, 2.45) is 0 Å². The molecular weight excluding hydrogens is 370 g/mol. The second-order valence-corrected chi connectivity index (χ2v) is 7.23. The third kappa shape index (κ3) is 3.93. The number of aliphatic hydroxyl groups excluding tert-OH is 2. The number of rotatable bonds is 6. The summed E-state index contributed by atoms with van der Waals surface area (Å²) >= 11 is 3.18. The number of halogens is 1. The highest BCUT2D eigenvalue weighted by Crippen LogP contribution is 2.23. The maximum atomic E-state index is 12.4. The Morgan fingerprint density at radius 1 is 1.05 bits per heavy atom. The number of nitrogens with one attached hydrogen (secondary N) is 1. The van der Waals surface area contributed by atoms with Crippen LogP contribution in [-0.2, 0) is 10.0 Å². The quantitative estimate of drug-likeness (QED) is 0.707. The van der Waals surface area contributed by atoms with E-state index in [4.69, 9.17) is 0 Å². The minimum atomic E-state index is -3.87. The Morgan fingerprint density at radius 2 is 1.64 bits per heavy atom. The molecular formula is C15H16BrNO4S. The second kappa shape index (κ2) is 7.34. The Kier molecular flexibility index (Phi) is 5.71. The summed E-state index contributed by atoms with van der Waals surface area (Å²) in [6.45, 7) is -0.528. The average molecular weight is 386 g/mol. The van der Waals surface area contributed by atoms with Crippen molar-refractivity contribution in [1.82, 2.24) is 4.72 Å². The van der Waals surface area contributed by atoms with Gasteiger partial charge < -0.3 is 10.2 Å². The van der Waals surface area contributed by atoms with Gasteiger partial charge in [0.2, 0.25) is 10.0 Å². The standard InChI is InChI=1S/C15H16BrNO4S/c16-12-8-4-5-9-14(12)22(20,21)17-13(10-18)15(19)11-6-2-1-3-7-11/h1-9,13,15,17-19H,10H2/t13-,15+/m1/s1. The molecule has 0 spiro atoms. The van der Waals surface area contributed by atoms with Crippen LogP contribution in [0.25, 0.3) is 0 Å². The molecule has 7 heteroatoms. The average Bonchev–Trinajstić information content (AvgIpc) is 2.53. The van der Waals surface area contributed by atoms with Gasteiger partial charge in [-0.3, -0.25) is 0 Å². The van der Waals surface area contributed by atoms with Crippen molar-refractivity contribution < 1.29 is 18.6 Å². The highest BCUT2D eigenvalue weighted by molar-refractivity contribution is 9.10. The number of aliphatic hydroxyl groups is 2. The van der Waals surface area contributed by atoms with Gasteiger partial charge in [-0.15, -0.1) is 0 Å². The minimum absolute atomic E-state index is 0.0497. The summed E-state index contributed by atoms with van der Waals surface area (Å²) in [5.74, 6) is 0. The number of benzene rings is 2. The van der Waals surface area contributed by atoms with Crippen molar-refractivity contribution in [1.29, 1.82) is 0 Å². The monoisotopic (exact) mass is 385 g/mol. The van der Waals surface area contributed by atoms with E-state index >= 15 is 0 Å². The van der Waals surface area contributed by atoms with Gasteiger partial charge in [0.15, 0.2) is 0 Å². The molecule has 118 valence electrons. The van der Waals surface area contributed by atoms with Gasteiger partial charge in [0.1, 0.15) is 0 Å². The van der Waals surface area contributed by atoms with Crippen LogP contribution in [0.3, 0.4) is 0 Å². The minimum Gasteiger partial charge on any atom is -0.395 e. The zero-order valence-electron chi connectivity index (χ0n) is 11.6. The van der Waals surface area contributed by atoms with E-state index in [-0.39, 0.29) is 4.90 Å². The first-order valence-electron chi connectivity index (χ1n) is 6.56. The fourth-order valence-electron chi connectivity index (χ4n) is 2.01. The molecule has 22 heavy (non-hydrogen) atoms. The molecule has 2 aromatic carbocycles. The SMILES string of the molecule is O=S(=O)(N[C@H](CO)[C@@H](O)c1ccccc1)c1ccccc1Br. The lowest BCUT2D eigenvalue weighted by Gasteiger charge is -2.22. The Balaban J connectivity index is 2.25. The van der Waals surface area contributed by atoms with Crippen molar-refractivity contribution in [3.05, 3.63) is 64.6 Å². The first-order valence-corrected chi connectivity index (χ1v) is 8.84. The predicted octanol–water partition coefficient (Wildman–Crippen LogP) is 1.82. The Morgan fingerprint density at radius 3 is 2.23 bits per heavy atom. The van der Waals surface area contributed by atoms with Crippen molar-refractivity contribution in [3.8, 4) is 0 Å². The maximum absolute atomic E-state index is 12.4. The molecule has 0 aliphatic rings. The Bertz CT molecular complexity index is 721. The third-order valence-electron chi connectivity index (χ3n) is 3.15. The molecule has 0 aliphatic heterocycles. The molecule has 2 atom stereocenters. The van der Waals surface area contributed by atoms with Crippen LogP contribution in [0, 0.1) is 0 Å². The smallest absolute Gasteiger partial charge is 0.242 e. The van der Waals surface area contributed by atoms with Crippen molar-refractivity contribution in [2.75, 3.05) is 6.61 Å². The van der Waals surface area contributed by atoms with E-state index in [9.17, 15) is 18.6 Å². The lowest BCUT2D eigenvalue weighted by Crippen LogP contribution is -2.41. The number of sulfonamides is 1. The molecule has 0 bridgehead atoms. The predicted molar refractivity (Wildman–Crippen MR) is 86.7 cm³/mol. The molecule has 2 aromatic rings. The lowest BCUT2D eigenvalue weighted by molar-refractivity contribution is 0.101. The molecule has 0 heterocycles. The van der Waals surface area contributed by atoms with Gasteiger partial charge in [-0.25, -0.2) is 13.1 Å². The lowest BCUT2D eigenvalue weighted by atomic mass is 10.0. The third-order valence-corrected chi connectivity index (χ3v) is 5.65. The van der Waals surface area contributed by atoms with E-state index in [1.165, 1.54) is 6.07 Å². The summed E-state index contributed by atoms with van der Waals surface area (Å²) in [6.07, 6.45) is -1.15. The summed E-state index contributed by atoms with van der Waals surface area (Å²) < 4.78 is 27.5. The molecule has 0 aliphatic carbocycles. The zero-order chi connectivity index (χ0) is 16.2. The van der Waals surface area contributed by atoms with E-state index < -0.39 is 28.8 Å². The summed E-state index contributed by atoms with van der Waals surface area (Å²) in [4.78, 5) is 0.0497. The zero-order valence-corrected chi connectivity index (χ0v) is 14.0. The topological polar surface area (TPSA) is 86.6 Å². The van der Waals surface area contributed by atoms with E-state index in [1.807, 2.05) is 0 Å². The summed E-state index contributed by atoms with van der Waals surface area (Å²) in [7, 11) is -3.87. The number of hydrogen-bond acceptors (Lipinski definition) is 4. The number of hydrogen-bond donors (Lipinski definition) is 3. The van der Waals surface area contributed by atoms with Gasteiger partial charge in [0.05, 0.1) is 23.6 Å². The van der Waals surface area contributed by atoms with Crippen LogP contribution in [0.4, 0.5) is 0 Å². The van der Waals surface area contributed by atoms with Crippen LogP contribution in [0.1, 0.15) is 11.7 Å². The molecule has 2 rings (SSSR count). The van der Waals surface area contributed by atoms with Gasteiger partial charge in [-0.1, -0.05) is 42.5 Å². The van der Waals surface area contributed by atoms with Gasteiger partial charge in [0, 0.05) is 4.47 Å². The molecule has 5 nitrogen and oxygen atoms in total. The molecule has 0 amide bonds. The van der Waals surface area contributed by atoms with E-state index in [0.717, 1.165) is 0 Å². The first-order chi connectivity index (χ1) is 10.5. The van der Waals surface area contributed by atoms with Crippen LogP contribution in [0.15, 0.2) is 64.0 Å². The van der Waals surface area contributed by atoms with Crippen LogP contribution < -0.4 is 4.72 Å². The van der Waals surface area contributed by atoms with Gasteiger partial charge >= 0.3 is 0 Å². The molecule has 0 aromatic heterocycles. The van der Waals surface area contributed by atoms with E-state index in [2.05, 4.69) is 20.7 Å². The summed E-state index contributed by atoms with van der Waals surface area (Å²) in [6, 6.07) is 13.9. The van der Waals surface area contributed by atoms with Crippen LogP contribution in [-0.4, -0.2) is 31.3 Å². The van der Waals surface area contributed by atoms with Crippen LogP contribution in [0.2, 0.25) is 0 Å². The Labute approximate surface area is 137 Å². The maximum Gasteiger partial charge on any atom is 0.242 e. The molecule has 3 N–H and O–H groups in total. The van der Waals surface area contributed by atoms with Gasteiger partial charge in [-0.05, 0) is 33.6 Å². The van der Waals surface area contributed by atoms with Gasteiger partial charge in [0.25, 0.3) is 0 Å². The highest BCUT2D eigenvalue weighted by atomic mass is 79.9. The van der Waals surface area contributed by atoms with E-state index in [0.29, 0.717) is 10.0 Å². The summed E-state index contributed by atoms with van der Waals surface area (Å²) in [5, 5.41) is 19.7. The van der Waals surface area contributed by atoms with Crippen molar-refractivity contribution >= 4 is 26.0 Å². The highest BCUT2D eigenvalue weighted by Gasteiger charge is 2.27. The molecule has 0 fully saturated rings. The van der Waals surface area contributed by atoms with Crippen LogP contribution in [0.5, 0.6) is 0 Å². The second-order valence-electron chi connectivity index (χ2n) is 4.70. The molecule has 0 unspecified atom stereocenters. The van der Waals surface area contributed by atoms with Crippen molar-refractivity contribution in [3.63, 3.8) is 0 Å². The van der Waals surface area contributed by atoms with E-state index in [1.54, 1.807) is 48.5 Å². The fourth-order valence-corrected chi connectivity index (χ4v) is 4.25. The van der Waals surface area contributed by atoms with Gasteiger partial charge in [-0.2, -0.15) is 0 Å². The molecule has 0 saturated heterocycles. The van der Waals surface area contributed by atoms with Crippen molar-refractivity contribution in [2.45, 2.75) is 17.0 Å². The largest absolute Gasteiger partial charge is 0.395 e. The Hall–Kier alpha value is -1.25. The fraction of sp³-hybridized carbons (Fsp3) is 0.200. The normalized spacial score (nSPS) is 14.5.